The van der Waals surface area contributed by atoms with Gasteiger partial charge in [-0.3, -0.25) is 13.9 Å². The van der Waals surface area contributed by atoms with Gasteiger partial charge >= 0.3 is 0 Å². The molecule has 0 spiro atoms. The van der Waals surface area contributed by atoms with Crippen LogP contribution >= 0.6 is 23.2 Å². The number of nitrogens with one attached hydrogen (secondary N) is 1. The number of benzene rings is 2. The third-order valence-corrected chi connectivity index (χ3v) is 8.20. The van der Waals surface area contributed by atoms with Crippen molar-refractivity contribution in [1.82, 2.24) is 10.2 Å². The zero-order valence-corrected chi connectivity index (χ0v) is 22.6. The van der Waals surface area contributed by atoms with Crippen molar-refractivity contribution in [2.24, 2.45) is 0 Å². The van der Waals surface area contributed by atoms with E-state index in [1.54, 1.807) is 44.2 Å². The van der Waals surface area contributed by atoms with Gasteiger partial charge in [-0.05, 0) is 44.5 Å². The maximum Gasteiger partial charge on any atom is 0.244 e. The van der Waals surface area contributed by atoms with Gasteiger partial charge in [0.15, 0.2) is 11.5 Å². The van der Waals surface area contributed by atoms with Crippen LogP contribution < -0.4 is 19.1 Å². The van der Waals surface area contributed by atoms with Crippen molar-refractivity contribution < 1.29 is 27.5 Å². The molecule has 1 atom stereocenters. The van der Waals surface area contributed by atoms with Crippen LogP contribution in [0.4, 0.5) is 5.69 Å². The van der Waals surface area contributed by atoms with Gasteiger partial charge in [0.2, 0.25) is 28.6 Å². The summed E-state index contributed by atoms with van der Waals surface area (Å²) in [7, 11) is -3.87. The molecule has 0 aliphatic carbocycles. The summed E-state index contributed by atoms with van der Waals surface area (Å²) in [6, 6.07) is 8.73. The lowest BCUT2D eigenvalue weighted by Crippen LogP contribution is -2.52. The Bertz CT molecular complexity index is 1200. The number of nitrogens with zero attached hydrogens (tertiary/aromatic N) is 2. The van der Waals surface area contributed by atoms with Gasteiger partial charge < -0.3 is 19.7 Å². The number of carbonyl (C=O) groups excluding carboxylic acids is 2. The van der Waals surface area contributed by atoms with Crippen LogP contribution in [0.25, 0.3) is 0 Å². The number of carbonyl (C=O) groups is 2. The van der Waals surface area contributed by atoms with E-state index in [1.165, 1.54) is 17.9 Å². The minimum Gasteiger partial charge on any atom is -0.454 e. The lowest BCUT2D eigenvalue weighted by molar-refractivity contribution is -0.140. The van der Waals surface area contributed by atoms with E-state index in [4.69, 9.17) is 32.7 Å². The molecule has 2 aromatic carbocycles. The monoisotopic (exact) mass is 557 g/mol. The van der Waals surface area contributed by atoms with Crippen LogP contribution in [0.3, 0.4) is 0 Å². The number of hydrogen-bond donors (Lipinski definition) is 1. The number of likely N-dealkylation sites (N-methyl/N-ethyl adjacent to an activating group) is 1. The molecule has 196 valence electrons. The summed E-state index contributed by atoms with van der Waals surface area (Å²) in [5.41, 5.74) is 0.709. The van der Waals surface area contributed by atoms with Crippen molar-refractivity contribution in [1.29, 1.82) is 0 Å². The number of halogens is 2. The largest absolute Gasteiger partial charge is 0.454 e. The molecular weight excluding hydrogens is 529 g/mol. The summed E-state index contributed by atoms with van der Waals surface area (Å²) in [5, 5.41) is 3.41. The fraction of sp³-hybridized carbons (Fsp3) is 0.417. The first-order valence-corrected chi connectivity index (χ1v) is 13.9. The Labute approximate surface area is 221 Å². The van der Waals surface area contributed by atoms with Crippen molar-refractivity contribution in [2.75, 3.05) is 29.9 Å². The summed E-state index contributed by atoms with van der Waals surface area (Å²) in [4.78, 5) is 28.0. The summed E-state index contributed by atoms with van der Waals surface area (Å²) in [6.07, 6.45) is 0.296. The van der Waals surface area contributed by atoms with Crippen LogP contribution in [0.15, 0.2) is 36.4 Å². The fourth-order valence-electron chi connectivity index (χ4n) is 3.83. The number of hydrogen-bond acceptors (Lipinski definition) is 6. The summed E-state index contributed by atoms with van der Waals surface area (Å²) in [6.45, 7) is 4.82. The highest BCUT2D eigenvalue weighted by Gasteiger charge is 2.33. The molecule has 0 fully saturated rings. The molecular formula is C24H29Cl2N3O6S. The van der Waals surface area contributed by atoms with E-state index in [1.807, 2.05) is 0 Å². The molecule has 2 aromatic rings. The molecule has 0 saturated heterocycles. The SMILES string of the molecule is CCNC(=O)C(CC)N(Cc1c(Cl)cccc1Cl)C(=O)CN(c1ccc2c(c1)OCO2)S(=O)(=O)CC. The Hall–Kier alpha value is -2.69. The number of rotatable bonds is 11. The van der Waals surface area contributed by atoms with E-state index in [2.05, 4.69) is 5.32 Å². The van der Waals surface area contributed by atoms with E-state index in [0.29, 0.717) is 40.1 Å². The molecule has 2 amide bonds. The Balaban J connectivity index is 2.01. The maximum atomic E-state index is 13.8. The van der Waals surface area contributed by atoms with Crippen molar-refractivity contribution in [2.45, 2.75) is 39.8 Å². The van der Waals surface area contributed by atoms with Crippen molar-refractivity contribution in [3.8, 4) is 11.5 Å². The first kappa shape index (κ1) is 27.9. The van der Waals surface area contributed by atoms with Crippen molar-refractivity contribution in [3.05, 3.63) is 52.0 Å². The average molecular weight is 558 g/mol. The smallest absolute Gasteiger partial charge is 0.244 e. The summed E-state index contributed by atoms with van der Waals surface area (Å²) in [5.74, 6) is -0.317. The van der Waals surface area contributed by atoms with Crippen molar-refractivity contribution in [3.63, 3.8) is 0 Å². The number of fused-ring (bicyclic) bond motifs is 1. The molecule has 0 aromatic heterocycles. The minimum absolute atomic E-state index is 0.0232. The van der Waals surface area contributed by atoms with Gasteiger partial charge in [0.1, 0.15) is 12.6 Å². The predicted molar refractivity (Wildman–Crippen MR) is 139 cm³/mol. The highest BCUT2D eigenvalue weighted by Crippen LogP contribution is 2.36. The summed E-state index contributed by atoms with van der Waals surface area (Å²) < 4.78 is 37.8. The third-order valence-electron chi connectivity index (χ3n) is 5.75. The number of sulfonamides is 1. The van der Waals surface area contributed by atoms with Crippen LogP contribution in [0, 0.1) is 0 Å². The van der Waals surface area contributed by atoms with Gasteiger partial charge in [-0.2, -0.15) is 0 Å². The number of anilines is 1. The van der Waals surface area contributed by atoms with E-state index in [0.717, 1.165) is 4.31 Å². The second-order valence-electron chi connectivity index (χ2n) is 7.99. The van der Waals surface area contributed by atoms with Crippen LogP contribution in [0.1, 0.15) is 32.8 Å². The Morgan fingerprint density at radius 2 is 1.72 bits per heavy atom. The van der Waals surface area contributed by atoms with Crippen LogP contribution in [-0.2, 0) is 26.2 Å². The Kier molecular flexibility index (Phi) is 9.32. The molecule has 36 heavy (non-hydrogen) atoms. The van der Waals surface area contributed by atoms with Gasteiger partial charge in [0.05, 0.1) is 11.4 Å². The second-order valence-corrected chi connectivity index (χ2v) is 11.0. The normalized spacial score (nSPS) is 13.2. The number of ether oxygens (including phenoxy) is 2. The number of amides is 2. The van der Waals surface area contributed by atoms with Gasteiger partial charge in [-0.1, -0.05) is 36.2 Å². The second kappa shape index (κ2) is 12.0. The van der Waals surface area contributed by atoms with E-state index < -0.39 is 28.5 Å². The van der Waals surface area contributed by atoms with E-state index in [-0.39, 0.29) is 30.7 Å². The fourth-order valence-corrected chi connectivity index (χ4v) is 5.40. The zero-order chi connectivity index (χ0) is 26.5. The topological polar surface area (TPSA) is 105 Å². The maximum absolute atomic E-state index is 13.8. The molecule has 9 nitrogen and oxygen atoms in total. The first-order chi connectivity index (χ1) is 17.1. The summed E-state index contributed by atoms with van der Waals surface area (Å²) >= 11 is 12.7. The zero-order valence-electron chi connectivity index (χ0n) is 20.3. The highest BCUT2D eigenvalue weighted by molar-refractivity contribution is 7.92. The quantitative estimate of drug-likeness (QED) is 0.450. The van der Waals surface area contributed by atoms with Crippen LogP contribution in [0.2, 0.25) is 10.0 Å². The van der Waals surface area contributed by atoms with Crippen LogP contribution in [-0.4, -0.2) is 56.8 Å². The Morgan fingerprint density at radius 3 is 2.33 bits per heavy atom. The lowest BCUT2D eigenvalue weighted by Gasteiger charge is -2.33. The van der Waals surface area contributed by atoms with E-state index in [9.17, 15) is 18.0 Å². The first-order valence-electron chi connectivity index (χ1n) is 11.5. The average Bonchev–Trinajstić information content (AvgIpc) is 3.32. The minimum atomic E-state index is -3.87. The molecule has 0 saturated carbocycles. The third kappa shape index (κ3) is 6.16. The highest BCUT2D eigenvalue weighted by atomic mass is 35.5. The molecule has 1 N–H and O–H groups in total. The molecule has 1 aliphatic rings. The van der Waals surface area contributed by atoms with E-state index >= 15 is 0 Å². The standard InChI is InChI=1S/C24H29Cl2N3O6S/c1-4-20(24(31)27-5-2)28(13-17-18(25)8-7-9-19(17)26)23(30)14-29(36(32,33)6-3)16-10-11-21-22(12-16)35-15-34-21/h7-12,20H,4-6,13-15H2,1-3H3,(H,27,31). The molecule has 3 rings (SSSR count). The molecule has 1 aliphatic heterocycles. The van der Waals surface area contributed by atoms with Gasteiger partial charge in [0, 0.05) is 34.8 Å². The van der Waals surface area contributed by atoms with Gasteiger partial charge in [-0.25, -0.2) is 8.42 Å². The lowest BCUT2D eigenvalue weighted by atomic mass is 10.1. The van der Waals surface area contributed by atoms with Gasteiger partial charge in [-0.15, -0.1) is 0 Å². The molecule has 1 unspecified atom stereocenters. The predicted octanol–water partition coefficient (Wildman–Crippen LogP) is 3.82. The molecule has 1 heterocycles. The molecule has 12 heteroatoms. The van der Waals surface area contributed by atoms with Crippen LogP contribution in [0.5, 0.6) is 11.5 Å². The van der Waals surface area contributed by atoms with Gasteiger partial charge in [0.25, 0.3) is 0 Å². The van der Waals surface area contributed by atoms with Crippen molar-refractivity contribution >= 4 is 50.7 Å². The molecule has 0 radical (unpaired) electrons. The molecule has 0 bridgehead atoms. The Morgan fingerprint density at radius 1 is 1.06 bits per heavy atom.